The van der Waals surface area contributed by atoms with Gasteiger partial charge in [0.05, 0.1) is 13.1 Å². The van der Waals surface area contributed by atoms with E-state index in [4.69, 9.17) is 10.5 Å². The highest BCUT2D eigenvalue weighted by molar-refractivity contribution is 5.73. The number of hydrogen-bond donors (Lipinski definition) is 1. The number of carbonyl (C=O) groups excluding carboxylic acids is 2. The molecule has 0 aliphatic carbocycles. The van der Waals surface area contributed by atoms with Gasteiger partial charge in [0.2, 0.25) is 5.91 Å². The van der Waals surface area contributed by atoms with Crippen LogP contribution in [0.2, 0.25) is 0 Å². The summed E-state index contributed by atoms with van der Waals surface area (Å²) in [5.41, 5.74) is 8.55. The van der Waals surface area contributed by atoms with E-state index in [1.165, 1.54) is 5.56 Å². The van der Waals surface area contributed by atoms with E-state index in [-0.39, 0.29) is 5.91 Å². The van der Waals surface area contributed by atoms with Crippen LogP contribution < -0.4 is 10.5 Å². The monoisotopic (exact) mass is 367 g/mol. The van der Waals surface area contributed by atoms with Crippen LogP contribution in [0.1, 0.15) is 23.6 Å². The summed E-state index contributed by atoms with van der Waals surface area (Å²) in [6.07, 6.45) is 0.809. The maximum atomic E-state index is 12.1. The number of hydrogen-bond acceptors (Lipinski definition) is 3. The third kappa shape index (κ3) is 5.00. The fourth-order valence-electron chi connectivity index (χ4n) is 3.21. The Balaban J connectivity index is 1.71. The van der Waals surface area contributed by atoms with Crippen LogP contribution in [0.25, 0.3) is 0 Å². The first kappa shape index (κ1) is 18.8. The first-order valence-corrected chi connectivity index (χ1v) is 9.11. The highest BCUT2D eigenvalue weighted by Gasteiger charge is 2.19. The fourth-order valence-corrected chi connectivity index (χ4v) is 3.21. The van der Waals surface area contributed by atoms with Crippen LogP contribution in [0.3, 0.4) is 0 Å². The SMILES string of the molecule is CC(=O)N(CCc1ccccc1)Cc1ccc2c(c1)CN(C(N)=O)CCO2. The first-order valence-electron chi connectivity index (χ1n) is 9.11. The minimum absolute atomic E-state index is 0.0379. The van der Waals surface area contributed by atoms with E-state index < -0.39 is 6.03 Å². The van der Waals surface area contributed by atoms with Gasteiger partial charge in [-0.25, -0.2) is 4.79 Å². The zero-order chi connectivity index (χ0) is 19.2. The predicted molar refractivity (Wildman–Crippen MR) is 103 cm³/mol. The lowest BCUT2D eigenvalue weighted by Gasteiger charge is -2.22. The molecule has 0 bridgehead atoms. The van der Waals surface area contributed by atoms with E-state index in [1.54, 1.807) is 11.8 Å². The van der Waals surface area contributed by atoms with Crippen molar-refractivity contribution in [3.8, 4) is 5.75 Å². The van der Waals surface area contributed by atoms with E-state index in [1.807, 2.05) is 41.3 Å². The number of ether oxygens (including phenoxy) is 1. The van der Waals surface area contributed by atoms with E-state index in [0.29, 0.717) is 32.8 Å². The number of benzene rings is 2. The second-order valence-corrected chi connectivity index (χ2v) is 6.73. The highest BCUT2D eigenvalue weighted by atomic mass is 16.5. The van der Waals surface area contributed by atoms with Gasteiger partial charge in [-0.05, 0) is 29.7 Å². The molecule has 1 aliphatic heterocycles. The van der Waals surface area contributed by atoms with Crippen molar-refractivity contribution in [3.63, 3.8) is 0 Å². The summed E-state index contributed by atoms with van der Waals surface area (Å²) in [5, 5.41) is 0. The number of primary amides is 1. The normalized spacial score (nSPS) is 13.3. The van der Waals surface area contributed by atoms with Crippen molar-refractivity contribution in [2.24, 2.45) is 5.73 Å². The number of nitrogens with two attached hydrogens (primary N) is 1. The van der Waals surface area contributed by atoms with Gasteiger partial charge < -0.3 is 20.3 Å². The van der Waals surface area contributed by atoms with Crippen LogP contribution in [0.15, 0.2) is 48.5 Å². The van der Waals surface area contributed by atoms with Crippen LogP contribution in [-0.4, -0.2) is 41.4 Å². The molecule has 3 amide bonds. The summed E-state index contributed by atoms with van der Waals surface area (Å²) in [4.78, 5) is 27.0. The quantitative estimate of drug-likeness (QED) is 0.882. The Morgan fingerprint density at radius 3 is 2.63 bits per heavy atom. The summed E-state index contributed by atoms with van der Waals surface area (Å²) in [6, 6.07) is 15.5. The Morgan fingerprint density at radius 2 is 1.93 bits per heavy atom. The molecule has 6 nitrogen and oxygen atoms in total. The van der Waals surface area contributed by atoms with E-state index in [2.05, 4.69) is 12.1 Å². The number of rotatable bonds is 5. The van der Waals surface area contributed by atoms with E-state index in [9.17, 15) is 9.59 Å². The molecule has 2 aromatic carbocycles. The maximum Gasteiger partial charge on any atom is 0.315 e. The minimum Gasteiger partial charge on any atom is -0.491 e. The van der Waals surface area contributed by atoms with Crippen molar-refractivity contribution >= 4 is 11.9 Å². The molecule has 142 valence electrons. The summed E-state index contributed by atoms with van der Waals surface area (Å²) in [7, 11) is 0. The van der Waals surface area contributed by atoms with Crippen LogP contribution in [-0.2, 0) is 24.3 Å². The van der Waals surface area contributed by atoms with Gasteiger partial charge in [-0.15, -0.1) is 0 Å². The topological polar surface area (TPSA) is 75.9 Å². The lowest BCUT2D eigenvalue weighted by atomic mass is 10.1. The summed E-state index contributed by atoms with van der Waals surface area (Å²) in [5.74, 6) is 0.803. The highest BCUT2D eigenvalue weighted by Crippen LogP contribution is 2.25. The van der Waals surface area contributed by atoms with Gasteiger partial charge in [-0.1, -0.05) is 36.4 Å². The molecule has 0 saturated carbocycles. The molecular formula is C21H25N3O3. The Morgan fingerprint density at radius 1 is 1.15 bits per heavy atom. The smallest absolute Gasteiger partial charge is 0.315 e. The second kappa shape index (κ2) is 8.58. The number of fused-ring (bicyclic) bond motifs is 1. The summed E-state index contributed by atoms with van der Waals surface area (Å²) < 4.78 is 5.71. The molecule has 3 rings (SSSR count). The molecule has 27 heavy (non-hydrogen) atoms. The van der Waals surface area contributed by atoms with Crippen LogP contribution in [0, 0.1) is 0 Å². The molecule has 0 atom stereocenters. The van der Waals surface area contributed by atoms with Crippen LogP contribution in [0.5, 0.6) is 5.75 Å². The molecular weight excluding hydrogens is 342 g/mol. The lowest BCUT2D eigenvalue weighted by molar-refractivity contribution is -0.129. The zero-order valence-corrected chi connectivity index (χ0v) is 15.6. The molecule has 0 radical (unpaired) electrons. The van der Waals surface area contributed by atoms with Crippen molar-refractivity contribution in [1.29, 1.82) is 0 Å². The maximum absolute atomic E-state index is 12.1. The van der Waals surface area contributed by atoms with E-state index in [0.717, 1.165) is 23.3 Å². The largest absolute Gasteiger partial charge is 0.491 e. The molecule has 2 N–H and O–H groups in total. The molecule has 0 fully saturated rings. The second-order valence-electron chi connectivity index (χ2n) is 6.73. The van der Waals surface area contributed by atoms with Gasteiger partial charge in [0.15, 0.2) is 0 Å². The summed E-state index contributed by atoms with van der Waals surface area (Å²) in [6.45, 7) is 4.07. The zero-order valence-electron chi connectivity index (χ0n) is 15.6. The van der Waals surface area contributed by atoms with Gasteiger partial charge in [0.25, 0.3) is 0 Å². The third-order valence-corrected chi connectivity index (χ3v) is 4.75. The van der Waals surface area contributed by atoms with E-state index >= 15 is 0 Å². The van der Waals surface area contributed by atoms with Crippen molar-refractivity contribution in [2.75, 3.05) is 19.7 Å². The molecule has 2 aromatic rings. The van der Waals surface area contributed by atoms with Gasteiger partial charge in [-0.2, -0.15) is 0 Å². The molecule has 0 unspecified atom stereocenters. The van der Waals surface area contributed by atoms with Crippen LogP contribution in [0.4, 0.5) is 4.79 Å². The number of amides is 3. The number of urea groups is 1. The Labute approximate surface area is 159 Å². The Hall–Kier alpha value is -3.02. The van der Waals surface area contributed by atoms with Crippen LogP contribution >= 0.6 is 0 Å². The first-order chi connectivity index (χ1) is 13.0. The van der Waals surface area contributed by atoms with Gasteiger partial charge >= 0.3 is 6.03 Å². The summed E-state index contributed by atoms with van der Waals surface area (Å²) >= 11 is 0. The number of nitrogens with zero attached hydrogens (tertiary/aromatic N) is 2. The molecule has 0 spiro atoms. The predicted octanol–water partition coefficient (Wildman–Crippen LogP) is 2.55. The van der Waals surface area contributed by atoms with Crippen molar-refractivity contribution in [2.45, 2.75) is 26.4 Å². The Bertz CT molecular complexity index is 808. The van der Waals surface area contributed by atoms with Gasteiger partial charge in [0.1, 0.15) is 12.4 Å². The van der Waals surface area contributed by atoms with Gasteiger partial charge in [0, 0.05) is 25.6 Å². The lowest BCUT2D eigenvalue weighted by Crippen LogP contribution is -2.36. The fraction of sp³-hybridized carbons (Fsp3) is 0.333. The molecule has 6 heteroatoms. The van der Waals surface area contributed by atoms with Crippen molar-refractivity contribution < 1.29 is 14.3 Å². The molecule has 0 aromatic heterocycles. The van der Waals surface area contributed by atoms with Crippen molar-refractivity contribution in [3.05, 3.63) is 65.2 Å². The van der Waals surface area contributed by atoms with Gasteiger partial charge in [-0.3, -0.25) is 4.79 Å². The standard InChI is InChI=1S/C21H25N3O3/c1-16(25)23(10-9-17-5-3-2-4-6-17)14-18-7-8-20-19(13-18)15-24(21(22)26)11-12-27-20/h2-8,13H,9-12,14-15H2,1H3,(H2,22,26). The Kier molecular flexibility index (Phi) is 5.96. The molecule has 0 saturated heterocycles. The average Bonchev–Trinajstić information content (AvgIpc) is 2.88. The molecule has 1 aliphatic rings. The minimum atomic E-state index is -0.454. The molecule has 1 heterocycles. The average molecular weight is 367 g/mol. The van der Waals surface area contributed by atoms with Crippen molar-refractivity contribution in [1.82, 2.24) is 9.80 Å². The third-order valence-electron chi connectivity index (χ3n) is 4.75. The number of carbonyl (C=O) groups is 2.